The molecule has 7 nitrogen and oxygen atoms in total. The molecule has 0 aromatic heterocycles. The molecule has 2 N–H and O–H groups in total. The molecule has 1 unspecified atom stereocenters. The SMILES string of the molecule is COc1ccc(CNC(=O)NCC(C)CN2CCN(C)CC2)cc1OC. The van der Waals surface area contributed by atoms with E-state index < -0.39 is 0 Å². The number of piperazine rings is 1. The quantitative estimate of drug-likeness (QED) is 0.730. The van der Waals surface area contributed by atoms with Crippen LogP contribution >= 0.6 is 0 Å². The zero-order chi connectivity index (χ0) is 18.9. The van der Waals surface area contributed by atoms with Crippen molar-refractivity contribution < 1.29 is 14.3 Å². The van der Waals surface area contributed by atoms with Crippen molar-refractivity contribution in [2.24, 2.45) is 5.92 Å². The maximum Gasteiger partial charge on any atom is 0.315 e. The molecule has 0 spiro atoms. The lowest BCUT2D eigenvalue weighted by Crippen LogP contribution is -2.47. The Morgan fingerprint density at radius 2 is 1.81 bits per heavy atom. The molecule has 7 heteroatoms. The van der Waals surface area contributed by atoms with Gasteiger partial charge in [-0.15, -0.1) is 0 Å². The monoisotopic (exact) mass is 364 g/mol. The first-order chi connectivity index (χ1) is 12.5. The van der Waals surface area contributed by atoms with Crippen molar-refractivity contribution in [3.05, 3.63) is 23.8 Å². The number of nitrogens with one attached hydrogen (secondary N) is 2. The van der Waals surface area contributed by atoms with Crippen LogP contribution in [0.4, 0.5) is 4.79 Å². The number of likely N-dealkylation sites (N-methyl/N-ethyl adjacent to an activating group) is 1. The molecule has 1 fully saturated rings. The van der Waals surface area contributed by atoms with Crippen molar-refractivity contribution >= 4 is 6.03 Å². The van der Waals surface area contributed by atoms with Crippen molar-refractivity contribution in [1.82, 2.24) is 20.4 Å². The summed E-state index contributed by atoms with van der Waals surface area (Å²) in [6.07, 6.45) is 0. The Balaban J connectivity index is 1.68. The van der Waals surface area contributed by atoms with Gasteiger partial charge in [0.2, 0.25) is 0 Å². The number of carbonyl (C=O) groups is 1. The van der Waals surface area contributed by atoms with Crippen LogP contribution < -0.4 is 20.1 Å². The Kier molecular flexibility index (Phi) is 8.00. The molecule has 1 aliphatic rings. The predicted octanol–water partition coefficient (Wildman–Crippen LogP) is 1.39. The lowest BCUT2D eigenvalue weighted by molar-refractivity contribution is 0.138. The Hall–Kier alpha value is -1.99. The zero-order valence-corrected chi connectivity index (χ0v) is 16.4. The predicted molar refractivity (Wildman–Crippen MR) is 103 cm³/mol. The van der Waals surface area contributed by atoms with Gasteiger partial charge in [-0.05, 0) is 30.7 Å². The minimum absolute atomic E-state index is 0.148. The number of amides is 2. The van der Waals surface area contributed by atoms with Gasteiger partial charge < -0.3 is 29.9 Å². The molecule has 1 aromatic carbocycles. The first-order valence-corrected chi connectivity index (χ1v) is 9.15. The second-order valence-corrected chi connectivity index (χ2v) is 6.96. The number of rotatable bonds is 8. The first kappa shape index (κ1) is 20.3. The van der Waals surface area contributed by atoms with Gasteiger partial charge in [0.15, 0.2) is 11.5 Å². The standard InChI is InChI=1S/C19H32N4O3/c1-15(14-23-9-7-22(2)8-10-23)12-20-19(24)21-13-16-5-6-17(25-3)18(11-16)26-4/h5-6,11,15H,7-10,12-14H2,1-4H3,(H2,20,21,24). The van der Waals surface area contributed by atoms with Crippen molar-refractivity contribution in [2.75, 3.05) is 60.5 Å². The number of ether oxygens (including phenoxy) is 2. The van der Waals surface area contributed by atoms with Crippen molar-refractivity contribution in [3.8, 4) is 11.5 Å². The van der Waals surface area contributed by atoms with E-state index in [1.54, 1.807) is 14.2 Å². The molecule has 1 aromatic rings. The fourth-order valence-corrected chi connectivity index (χ4v) is 3.04. The molecule has 0 bridgehead atoms. The zero-order valence-electron chi connectivity index (χ0n) is 16.4. The molecule has 146 valence electrons. The fraction of sp³-hybridized carbons (Fsp3) is 0.632. The molecule has 0 saturated carbocycles. The molecular formula is C19H32N4O3. The summed E-state index contributed by atoms with van der Waals surface area (Å²) >= 11 is 0. The van der Waals surface area contributed by atoms with E-state index in [2.05, 4.69) is 34.4 Å². The van der Waals surface area contributed by atoms with E-state index in [-0.39, 0.29) is 6.03 Å². The van der Waals surface area contributed by atoms with E-state index in [1.165, 1.54) is 0 Å². The number of nitrogens with zero attached hydrogens (tertiary/aromatic N) is 2. The Bertz CT molecular complexity index is 574. The van der Waals surface area contributed by atoms with Gasteiger partial charge >= 0.3 is 6.03 Å². The average Bonchev–Trinajstić information content (AvgIpc) is 2.66. The second kappa shape index (κ2) is 10.2. The van der Waals surface area contributed by atoms with Gasteiger partial charge in [0, 0.05) is 45.8 Å². The van der Waals surface area contributed by atoms with Crippen LogP contribution in [0.5, 0.6) is 11.5 Å². The molecular weight excluding hydrogens is 332 g/mol. The van der Waals surface area contributed by atoms with Crippen molar-refractivity contribution in [2.45, 2.75) is 13.5 Å². The summed E-state index contributed by atoms with van der Waals surface area (Å²) in [5, 5.41) is 5.84. The van der Waals surface area contributed by atoms with Gasteiger partial charge in [0.1, 0.15) is 0 Å². The largest absolute Gasteiger partial charge is 0.493 e. The fourth-order valence-electron chi connectivity index (χ4n) is 3.04. The third-order valence-electron chi connectivity index (χ3n) is 4.68. The topological polar surface area (TPSA) is 66.1 Å². The summed E-state index contributed by atoms with van der Waals surface area (Å²) in [6, 6.07) is 5.48. The number of methoxy groups -OCH3 is 2. The lowest BCUT2D eigenvalue weighted by atomic mass is 10.1. The molecule has 0 radical (unpaired) electrons. The van der Waals surface area contributed by atoms with E-state index in [0.29, 0.717) is 30.5 Å². The molecule has 2 amide bonds. The van der Waals surface area contributed by atoms with Crippen LogP contribution in [0.25, 0.3) is 0 Å². The van der Waals surface area contributed by atoms with Crippen LogP contribution in [-0.2, 0) is 6.54 Å². The highest BCUT2D eigenvalue weighted by Gasteiger charge is 2.16. The van der Waals surface area contributed by atoms with Gasteiger partial charge in [-0.25, -0.2) is 4.79 Å². The highest BCUT2D eigenvalue weighted by Crippen LogP contribution is 2.27. The van der Waals surface area contributed by atoms with Crippen LogP contribution in [0.2, 0.25) is 0 Å². The van der Waals surface area contributed by atoms with Crippen LogP contribution in [0, 0.1) is 5.92 Å². The highest BCUT2D eigenvalue weighted by molar-refractivity contribution is 5.73. The number of carbonyl (C=O) groups excluding carboxylic acids is 1. The lowest BCUT2D eigenvalue weighted by Gasteiger charge is -2.33. The Morgan fingerprint density at radius 1 is 1.12 bits per heavy atom. The molecule has 1 aliphatic heterocycles. The van der Waals surface area contributed by atoms with Crippen LogP contribution in [0.3, 0.4) is 0 Å². The first-order valence-electron chi connectivity index (χ1n) is 9.15. The molecule has 1 atom stereocenters. The van der Waals surface area contributed by atoms with Crippen LogP contribution in [0.1, 0.15) is 12.5 Å². The molecule has 2 rings (SSSR count). The maximum atomic E-state index is 12.0. The smallest absolute Gasteiger partial charge is 0.315 e. The van der Waals surface area contributed by atoms with Crippen LogP contribution in [-0.4, -0.2) is 76.4 Å². The highest BCUT2D eigenvalue weighted by atomic mass is 16.5. The molecule has 1 heterocycles. The van der Waals surface area contributed by atoms with E-state index in [0.717, 1.165) is 38.3 Å². The third-order valence-corrected chi connectivity index (χ3v) is 4.68. The molecule has 1 saturated heterocycles. The minimum atomic E-state index is -0.148. The molecule has 26 heavy (non-hydrogen) atoms. The Labute approximate surface area is 156 Å². The summed E-state index contributed by atoms with van der Waals surface area (Å²) in [5.74, 6) is 1.76. The maximum absolute atomic E-state index is 12.0. The summed E-state index contributed by atoms with van der Waals surface area (Å²) in [6.45, 7) is 8.75. The van der Waals surface area contributed by atoms with E-state index in [1.807, 2.05) is 18.2 Å². The van der Waals surface area contributed by atoms with E-state index >= 15 is 0 Å². The summed E-state index contributed by atoms with van der Waals surface area (Å²) in [4.78, 5) is 16.8. The van der Waals surface area contributed by atoms with Crippen LogP contribution in [0.15, 0.2) is 18.2 Å². The van der Waals surface area contributed by atoms with Crippen molar-refractivity contribution in [3.63, 3.8) is 0 Å². The molecule has 0 aliphatic carbocycles. The average molecular weight is 364 g/mol. The van der Waals surface area contributed by atoms with Gasteiger partial charge in [-0.1, -0.05) is 13.0 Å². The summed E-state index contributed by atoms with van der Waals surface area (Å²) in [7, 11) is 5.36. The van der Waals surface area contributed by atoms with Crippen molar-refractivity contribution in [1.29, 1.82) is 0 Å². The number of urea groups is 1. The van der Waals surface area contributed by atoms with E-state index in [9.17, 15) is 4.79 Å². The Morgan fingerprint density at radius 3 is 2.46 bits per heavy atom. The van der Waals surface area contributed by atoms with Gasteiger partial charge in [-0.2, -0.15) is 0 Å². The summed E-state index contributed by atoms with van der Waals surface area (Å²) < 4.78 is 10.5. The minimum Gasteiger partial charge on any atom is -0.493 e. The third kappa shape index (κ3) is 6.38. The number of hydrogen-bond donors (Lipinski definition) is 2. The van der Waals surface area contributed by atoms with Gasteiger partial charge in [-0.3, -0.25) is 0 Å². The van der Waals surface area contributed by atoms with Gasteiger partial charge in [0.25, 0.3) is 0 Å². The second-order valence-electron chi connectivity index (χ2n) is 6.96. The number of benzene rings is 1. The summed E-state index contributed by atoms with van der Waals surface area (Å²) in [5.41, 5.74) is 0.961. The van der Waals surface area contributed by atoms with E-state index in [4.69, 9.17) is 9.47 Å². The number of hydrogen-bond acceptors (Lipinski definition) is 5. The normalized spacial score (nSPS) is 16.8. The van der Waals surface area contributed by atoms with Gasteiger partial charge in [0.05, 0.1) is 14.2 Å².